The zero-order chi connectivity index (χ0) is 17.5. The number of nitrogens with one attached hydrogen (secondary N) is 2. The van der Waals surface area contributed by atoms with E-state index in [0.29, 0.717) is 17.9 Å². The van der Waals surface area contributed by atoms with Crippen molar-refractivity contribution in [2.45, 2.75) is 34.6 Å². The average molecular weight is 356 g/mol. The fourth-order valence-corrected chi connectivity index (χ4v) is 5.95. The van der Waals surface area contributed by atoms with Crippen LogP contribution in [0.1, 0.15) is 12.0 Å². The van der Waals surface area contributed by atoms with Crippen LogP contribution in [0.2, 0.25) is 0 Å². The number of sulfone groups is 1. The molecule has 0 radical (unpaired) electrons. The zero-order valence-corrected chi connectivity index (χ0v) is 14.5. The molecule has 130 valence electrons. The predicted molar refractivity (Wildman–Crippen MR) is 94.8 cm³/mol. The Balaban J connectivity index is 1.68. The fraction of sp³-hybridized carbons (Fsp3) is 0.316. The highest BCUT2D eigenvalue weighted by molar-refractivity contribution is 7.92. The summed E-state index contributed by atoms with van der Waals surface area (Å²) in [6.45, 7) is 0.339. The zero-order valence-electron chi connectivity index (χ0n) is 13.7. The molecule has 0 saturated carbocycles. The average Bonchev–Trinajstić information content (AvgIpc) is 2.95. The van der Waals surface area contributed by atoms with E-state index in [1.807, 2.05) is 30.3 Å². The van der Waals surface area contributed by atoms with Gasteiger partial charge in [-0.3, -0.25) is 10.1 Å². The van der Waals surface area contributed by atoms with Crippen LogP contribution in [-0.2, 0) is 21.1 Å². The van der Waals surface area contributed by atoms with Crippen LogP contribution in [0.5, 0.6) is 0 Å². The number of benzene rings is 2. The normalized spacial score (nSPS) is 28.6. The predicted octanol–water partition coefficient (Wildman–Crippen LogP) is 1.30. The van der Waals surface area contributed by atoms with Gasteiger partial charge in [0.1, 0.15) is 5.54 Å². The molecule has 5 nitrogen and oxygen atoms in total. The van der Waals surface area contributed by atoms with E-state index in [1.165, 1.54) is 0 Å². The second kappa shape index (κ2) is 5.97. The van der Waals surface area contributed by atoms with Gasteiger partial charge >= 0.3 is 0 Å². The van der Waals surface area contributed by atoms with Gasteiger partial charge in [-0.25, -0.2) is 8.42 Å². The van der Waals surface area contributed by atoms with E-state index in [9.17, 15) is 13.2 Å². The minimum absolute atomic E-state index is 0.113. The van der Waals surface area contributed by atoms with Crippen molar-refractivity contribution in [1.29, 1.82) is 0 Å². The molecule has 2 N–H and O–H groups in total. The van der Waals surface area contributed by atoms with Gasteiger partial charge in [0, 0.05) is 12.6 Å². The number of fused-ring (bicyclic) bond motifs is 2. The molecule has 3 atom stereocenters. The molecule has 2 heterocycles. The maximum atomic E-state index is 13.1. The lowest BCUT2D eigenvalue weighted by Gasteiger charge is -2.33. The molecule has 4 rings (SSSR count). The minimum atomic E-state index is -3.50. The van der Waals surface area contributed by atoms with Crippen molar-refractivity contribution in [3.8, 4) is 0 Å². The minimum Gasteiger partial charge on any atom is -0.353 e. The molecule has 0 aromatic heterocycles. The summed E-state index contributed by atoms with van der Waals surface area (Å²) in [4.78, 5) is 12.9. The number of rotatable bonds is 4. The number of carbonyl (C=O) groups excluding carboxylic acids is 1. The molecule has 2 saturated heterocycles. The molecule has 1 amide bonds. The van der Waals surface area contributed by atoms with Crippen molar-refractivity contribution in [2.24, 2.45) is 0 Å². The van der Waals surface area contributed by atoms with E-state index < -0.39 is 20.6 Å². The summed E-state index contributed by atoms with van der Waals surface area (Å²) in [5.74, 6) is -0.113. The first-order valence-electron chi connectivity index (χ1n) is 8.40. The van der Waals surface area contributed by atoms with E-state index in [1.54, 1.807) is 30.3 Å². The number of hydrogen-bond donors (Lipinski definition) is 2. The van der Waals surface area contributed by atoms with E-state index in [4.69, 9.17) is 0 Å². The molecule has 2 aliphatic heterocycles. The van der Waals surface area contributed by atoms with Crippen molar-refractivity contribution in [3.63, 3.8) is 0 Å². The van der Waals surface area contributed by atoms with Gasteiger partial charge in [0.15, 0.2) is 9.84 Å². The lowest BCUT2D eigenvalue weighted by atomic mass is 9.88. The third-order valence-corrected chi connectivity index (χ3v) is 7.42. The van der Waals surface area contributed by atoms with E-state index >= 15 is 0 Å². The SMILES string of the molecule is O=C1NC[C@@H]2N[C@@]1(Cc1ccccc1)C[C@@H]2S(=O)(=O)c1ccccc1. The van der Waals surface area contributed by atoms with Crippen LogP contribution in [0.4, 0.5) is 0 Å². The first-order valence-corrected chi connectivity index (χ1v) is 9.95. The van der Waals surface area contributed by atoms with Crippen LogP contribution in [0, 0.1) is 0 Å². The van der Waals surface area contributed by atoms with Gasteiger partial charge in [-0.05, 0) is 30.5 Å². The number of piperazine rings is 1. The molecular formula is C19H20N2O3S. The summed E-state index contributed by atoms with van der Waals surface area (Å²) in [7, 11) is -3.50. The second-order valence-corrected chi connectivity index (χ2v) is 8.97. The van der Waals surface area contributed by atoms with Gasteiger partial charge in [0.25, 0.3) is 0 Å². The lowest BCUT2D eigenvalue weighted by molar-refractivity contribution is -0.128. The number of amides is 1. The molecular weight excluding hydrogens is 336 g/mol. The lowest BCUT2D eigenvalue weighted by Crippen LogP contribution is -2.63. The third kappa shape index (κ3) is 2.75. The van der Waals surface area contributed by atoms with Crippen molar-refractivity contribution < 1.29 is 13.2 Å². The fourth-order valence-electron chi connectivity index (χ4n) is 3.96. The first-order chi connectivity index (χ1) is 12.0. The Morgan fingerprint density at radius 1 is 1.00 bits per heavy atom. The summed E-state index contributed by atoms with van der Waals surface area (Å²) in [5.41, 5.74) is 0.153. The molecule has 25 heavy (non-hydrogen) atoms. The first kappa shape index (κ1) is 16.3. The topological polar surface area (TPSA) is 75.3 Å². The Kier molecular flexibility index (Phi) is 3.89. The van der Waals surface area contributed by atoms with E-state index in [0.717, 1.165) is 5.56 Å². The molecule has 0 unspecified atom stereocenters. The van der Waals surface area contributed by atoms with Gasteiger partial charge < -0.3 is 5.32 Å². The van der Waals surface area contributed by atoms with Gasteiger partial charge in [0.05, 0.1) is 10.1 Å². The van der Waals surface area contributed by atoms with Crippen LogP contribution in [0.3, 0.4) is 0 Å². The maximum absolute atomic E-state index is 13.1. The highest BCUT2D eigenvalue weighted by Crippen LogP contribution is 2.36. The Hall–Kier alpha value is -2.18. The van der Waals surface area contributed by atoms with Crippen LogP contribution in [-0.4, -0.2) is 37.7 Å². The van der Waals surface area contributed by atoms with Gasteiger partial charge in [-0.2, -0.15) is 0 Å². The molecule has 2 aromatic rings. The summed E-state index contributed by atoms with van der Waals surface area (Å²) in [6, 6.07) is 17.9. The number of carbonyl (C=O) groups is 1. The molecule has 2 fully saturated rings. The highest BCUT2D eigenvalue weighted by atomic mass is 32.2. The Labute approximate surface area is 147 Å². The van der Waals surface area contributed by atoms with Crippen molar-refractivity contribution >= 4 is 15.7 Å². The van der Waals surface area contributed by atoms with Crippen LogP contribution in [0.15, 0.2) is 65.6 Å². The molecule has 0 spiro atoms. The van der Waals surface area contributed by atoms with E-state index in [2.05, 4.69) is 10.6 Å². The highest BCUT2D eigenvalue weighted by Gasteiger charge is 2.56. The Morgan fingerprint density at radius 3 is 2.32 bits per heavy atom. The molecule has 2 bridgehead atoms. The quantitative estimate of drug-likeness (QED) is 0.866. The molecule has 6 heteroatoms. The van der Waals surface area contributed by atoms with Gasteiger partial charge in [-0.1, -0.05) is 48.5 Å². The second-order valence-electron chi connectivity index (χ2n) is 6.81. The molecule has 0 aliphatic carbocycles. The van der Waals surface area contributed by atoms with Gasteiger partial charge in [-0.15, -0.1) is 0 Å². The van der Waals surface area contributed by atoms with Crippen molar-refractivity contribution in [2.75, 3.05) is 6.54 Å². The summed E-state index contributed by atoms with van der Waals surface area (Å²) < 4.78 is 26.2. The maximum Gasteiger partial charge on any atom is 0.240 e. The summed E-state index contributed by atoms with van der Waals surface area (Å²) >= 11 is 0. The van der Waals surface area contributed by atoms with Crippen molar-refractivity contribution in [1.82, 2.24) is 10.6 Å². The Bertz CT molecular complexity index is 883. The standard InChI is InChI=1S/C19H20N2O3S/c22-18-19(11-14-7-3-1-4-8-14)12-17(16(21-19)13-20-18)25(23,24)15-9-5-2-6-10-15/h1-10,16-17,21H,11-13H2,(H,20,22)/t16-,17-,19-/m0/s1. The van der Waals surface area contributed by atoms with E-state index in [-0.39, 0.29) is 18.4 Å². The van der Waals surface area contributed by atoms with Crippen LogP contribution < -0.4 is 10.6 Å². The molecule has 2 aromatic carbocycles. The monoisotopic (exact) mass is 356 g/mol. The summed E-state index contributed by atoms with van der Waals surface area (Å²) in [6.07, 6.45) is 0.770. The smallest absolute Gasteiger partial charge is 0.240 e. The largest absolute Gasteiger partial charge is 0.353 e. The van der Waals surface area contributed by atoms with Crippen LogP contribution in [0.25, 0.3) is 0 Å². The number of hydrogen-bond acceptors (Lipinski definition) is 4. The van der Waals surface area contributed by atoms with Crippen LogP contribution >= 0.6 is 0 Å². The third-order valence-electron chi connectivity index (χ3n) is 5.20. The summed E-state index contributed by atoms with van der Waals surface area (Å²) in [5, 5.41) is 5.62. The van der Waals surface area contributed by atoms with Crippen molar-refractivity contribution in [3.05, 3.63) is 66.2 Å². The molecule has 2 aliphatic rings. The Morgan fingerprint density at radius 2 is 1.64 bits per heavy atom. The van der Waals surface area contributed by atoms with Gasteiger partial charge in [0.2, 0.25) is 5.91 Å².